The Morgan fingerprint density at radius 2 is 1.53 bits per heavy atom. The minimum atomic E-state index is -0.525. The summed E-state index contributed by atoms with van der Waals surface area (Å²) in [5.41, 5.74) is 4.63. The van der Waals surface area contributed by atoms with Crippen LogP contribution in [0.2, 0.25) is 0 Å². The van der Waals surface area contributed by atoms with Gasteiger partial charge in [-0.05, 0) is 42.5 Å². The third-order valence-corrected chi connectivity index (χ3v) is 7.17. The number of carbonyl (C=O) groups excluding carboxylic acids is 3. The Bertz CT molecular complexity index is 1260. The van der Waals surface area contributed by atoms with Crippen LogP contribution in [0.4, 0.5) is 11.4 Å². The largest absolute Gasteiger partial charge is 0.455 e. The average Bonchev–Trinajstić information content (AvgIpc) is 3.36. The summed E-state index contributed by atoms with van der Waals surface area (Å²) in [5, 5.41) is 2.87. The van der Waals surface area contributed by atoms with Crippen molar-refractivity contribution in [3.8, 4) is 11.1 Å². The summed E-state index contributed by atoms with van der Waals surface area (Å²) in [6.07, 6.45) is 3.87. The van der Waals surface area contributed by atoms with E-state index in [-0.39, 0.29) is 12.5 Å². The van der Waals surface area contributed by atoms with Gasteiger partial charge in [0.25, 0.3) is 5.91 Å². The number of para-hydroxylation sites is 2. The normalized spacial score (nSPS) is 18.8. The van der Waals surface area contributed by atoms with Crippen LogP contribution in [-0.4, -0.2) is 30.9 Å². The third-order valence-electron chi connectivity index (χ3n) is 7.17. The van der Waals surface area contributed by atoms with Gasteiger partial charge in [-0.2, -0.15) is 0 Å². The van der Waals surface area contributed by atoms with E-state index >= 15 is 0 Å². The van der Waals surface area contributed by atoms with Gasteiger partial charge < -0.3 is 15.0 Å². The van der Waals surface area contributed by atoms with Crippen LogP contribution >= 0.6 is 0 Å². The van der Waals surface area contributed by atoms with Crippen LogP contribution in [0.1, 0.15) is 31.2 Å². The van der Waals surface area contributed by atoms with Gasteiger partial charge in [0.15, 0.2) is 6.61 Å². The Morgan fingerprint density at radius 1 is 0.833 bits per heavy atom. The first-order chi connectivity index (χ1) is 17.6. The quantitative estimate of drug-likeness (QED) is 0.488. The zero-order valence-electron chi connectivity index (χ0n) is 20.2. The number of carbonyl (C=O) groups is 3. The van der Waals surface area contributed by atoms with Crippen molar-refractivity contribution >= 4 is 29.2 Å². The number of hydrogen-bond donors (Lipinski definition) is 1. The van der Waals surface area contributed by atoms with E-state index in [1.807, 2.05) is 83.8 Å². The minimum absolute atomic E-state index is 0.0113. The van der Waals surface area contributed by atoms with Gasteiger partial charge in [-0.3, -0.25) is 14.4 Å². The van der Waals surface area contributed by atoms with Crippen molar-refractivity contribution in [1.29, 1.82) is 0 Å². The number of fused-ring (bicyclic) bond motifs is 1. The highest BCUT2D eigenvalue weighted by Gasteiger charge is 2.40. The number of anilines is 2. The highest BCUT2D eigenvalue weighted by molar-refractivity contribution is 6.00. The number of nitrogens with one attached hydrogen (secondary N) is 1. The molecule has 2 aliphatic rings. The lowest BCUT2D eigenvalue weighted by atomic mass is 9.78. The SMILES string of the molecule is O=C(COC(=O)C1CCCCC1C(=O)N1CCc2ccccc21)Nc1ccccc1-c1ccccc1. The monoisotopic (exact) mass is 482 g/mol. The molecule has 1 aliphatic heterocycles. The number of hydrogen-bond acceptors (Lipinski definition) is 4. The lowest BCUT2D eigenvalue weighted by molar-refractivity contribution is -0.156. The van der Waals surface area contributed by atoms with E-state index in [1.54, 1.807) is 0 Å². The van der Waals surface area contributed by atoms with Crippen LogP contribution in [0.3, 0.4) is 0 Å². The molecule has 184 valence electrons. The Hall–Kier alpha value is -3.93. The maximum atomic E-state index is 13.5. The zero-order chi connectivity index (χ0) is 24.9. The molecule has 2 unspecified atom stereocenters. The number of esters is 1. The standard InChI is InChI=1S/C30H30N2O4/c33-28(31-26-16-8-7-13-23(26)21-10-2-1-3-11-21)20-36-30(35)25-15-6-5-14-24(25)29(34)32-19-18-22-12-4-9-17-27(22)32/h1-4,7-13,16-17,24-25H,5-6,14-15,18-20H2,(H,31,33). The van der Waals surface area contributed by atoms with Crippen molar-refractivity contribution in [2.45, 2.75) is 32.1 Å². The van der Waals surface area contributed by atoms with E-state index in [9.17, 15) is 14.4 Å². The van der Waals surface area contributed by atoms with Gasteiger partial charge in [-0.25, -0.2) is 0 Å². The molecule has 0 bridgehead atoms. The van der Waals surface area contributed by atoms with Crippen LogP contribution < -0.4 is 10.2 Å². The van der Waals surface area contributed by atoms with E-state index in [0.29, 0.717) is 25.1 Å². The summed E-state index contributed by atoms with van der Waals surface area (Å²) in [4.78, 5) is 41.0. The van der Waals surface area contributed by atoms with Crippen LogP contribution in [0.15, 0.2) is 78.9 Å². The first kappa shape index (κ1) is 23.8. The predicted octanol–water partition coefficient (Wildman–Crippen LogP) is 5.23. The highest BCUT2D eigenvalue weighted by atomic mass is 16.5. The molecule has 6 heteroatoms. The Labute approximate surface area is 211 Å². The minimum Gasteiger partial charge on any atom is -0.455 e. The molecule has 0 aromatic heterocycles. The molecule has 1 heterocycles. The fourth-order valence-electron chi connectivity index (χ4n) is 5.37. The third kappa shape index (κ3) is 5.03. The molecule has 2 amide bonds. The second kappa shape index (κ2) is 10.8. The molecule has 1 N–H and O–H groups in total. The van der Waals surface area contributed by atoms with Gasteiger partial charge in [0, 0.05) is 23.5 Å². The summed E-state index contributed by atoms with van der Waals surface area (Å²) < 4.78 is 5.45. The second-order valence-electron chi connectivity index (χ2n) is 9.43. The van der Waals surface area contributed by atoms with Crippen molar-refractivity contribution in [2.24, 2.45) is 11.8 Å². The maximum absolute atomic E-state index is 13.5. The molecule has 3 aromatic carbocycles. The van der Waals surface area contributed by atoms with Gasteiger partial charge in [0.2, 0.25) is 5.91 Å². The van der Waals surface area contributed by atoms with Gasteiger partial charge in [0.05, 0.1) is 11.8 Å². The summed E-state index contributed by atoms with van der Waals surface area (Å²) in [6, 6.07) is 25.2. The summed E-state index contributed by atoms with van der Waals surface area (Å²) in [5.74, 6) is -1.82. The van der Waals surface area contributed by atoms with E-state index in [4.69, 9.17) is 4.74 Å². The van der Waals surface area contributed by atoms with Crippen molar-refractivity contribution in [1.82, 2.24) is 0 Å². The Morgan fingerprint density at radius 3 is 2.36 bits per heavy atom. The van der Waals surface area contributed by atoms with E-state index in [0.717, 1.165) is 41.6 Å². The predicted molar refractivity (Wildman–Crippen MR) is 139 cm³/mol. The molecule has 3 aromatic rings. The number of ether oxygens (including phenoxy) is 1. The van der Waals surface area contributed by atoms with Gasteiger partial charge in [0.1, 0.15) is 0 Å². The molecule has 0 saturated heterocycles. The van der Waals surface area contributed by atoms with Crippen molar-refractivity contribution < 1.29 is 19.1 Å². The first-order valence-corrected chi connectivity index (χ1v) is 12.6. The number of nitrogens with zero attached hydrogens (tertiary/aromatic N) is 1. The van der Waals surface area contributed by atoms with E-state index in [1.165, 1.54) is 0 Å². The summed E-state index contributed by atoms with van der Waals surface area (Å²) >= 11 is 0. The molecular formula is C30H30N2O4. The van der Waals surface area contributed by atoms with Gasteiger partial charge >= 0.3 is 5.97 Å². The lowest BCUT2D eigenvalue weighted by Crippen LogP contribution is -2.42. The Balaban J connectivity index is 1.22. The highest BCUT2D eigenvalue weighted by Crippen LogP contribution is 2.36. The fourth-order valence-corrected chi connectivity index (χ4v) is 5.37. The van der Waals surface area contributed by atoms with Gasteiger partial charge in [-0.1, -0.05) is 79.6 Å². The first-order valence-electron chi connectivity index (χ1n) is 12.6. The van der Waals surface area contributed by atoms with Crippen LogP contribution in [0.5, 0.6) is 0 Å². The molecule has 6 nitrogen and oxygen atoms in total. The van der Waals surface area contributed by atoms with Gasteiger partial charge in [-0.15, -0.1) is 0 Å². The molecule has 0 spiro atoms. The molecule has 5 rings (SSSR count). The zero-order valence-corrected chi connectivity index (χ0v) is 20.2. The molecule has 1 fully saturated rings. The van der Waals surface area contributed by atoms with Crippen molar-refractivity contribution in [3.05, 3.63) is 84.4 Å². The molecule has 36 heavy (non-hydrogen) atoms. The average molecular weight is 483 g/mol. The summed E-state index contributed by atoms with van der Waals surface area (Å²) in [6.45, 7) is 0.256. The van der Waals surface area contributed by atoms with E-state index < -0.39 is 23.7 Å². The molecule has 0 radical (unpaired) electrons. The summed E-state index contributed by atoms with van der Waals surface area (Å²) in [7, 11) is 0. The fraction of sp³-hybridized carbons (Fsp3) is 0.300. The number of benzene rings is 3. The molecule has 2 atom stereocenters. The molecule has 1 aliphatic carbocycles. The topological polar surface area (TPSA) is 75.7 Å². The van der Waals surface area contributed by atoms with Crippen LogP contribution in [0, 0.1) is 11.8 Å². The van der Waals surface area contributed by atoms with Crippen LogP contribution in [0.25, 0.3) is 11.1 Å². The molecular weight excluding hydrogens is 452 g/mol. The van der Waals surface area contributed by atoms with Crippen LogP contribution in [-0.2, 0) is 25.5 Å². The van der Waals surface area contributed by atoms with E-state index in [2.05, 4.69) is 5.32 Å². The Kier molecular flexibility index (Phi) is 7.12. The number of amides is 2. The molecule has 1 saturated carbocycles. The van der Waals surface area contributed by atoms with Crippen molar-refractivity contribution in [2.75, 3.05) is 23.4 Å². The number of rotatable bonds is 6. The smallest absolute Gasteiger partial charge is 0.310 e. The second-order valence-corrected chi connectivity index (χ2v) is 9.43. The lowest BCUT2D eigenvalue weighted by Gasteiger charge is -2.32. The maximum Gasteiger partial charge on any atom is 0.310 e. The van der Waals surface area contributed by atoms with Crippen molar-refractivity contribution in [3.63, 3.8) is 0 Å².